The third-order valence-corrected chi connectivity index (χ3v) is 3.64. The first-order chi connectivity index (χ1) is 12.4. The highest BCUT2D eigenvalue weighted by atomic mass is 16.5. The number of esters is 2. The number of hydrogen-bond acceptors (Lipinski definition) is 7. The summed E-state index contributed by atoms with van der Waals surface area (Å²) < 4.78 is 9.72. The van der Waals surface area contributed by atoms with Gasteiger partial charge >= 0.3 is 11.9 Å². The molecule has 1 amide bonds. The van der Waals surface area contributed by atoms with Crippen LogP contribution in [-0.2, 0) is 19.1 Å². The molecule has 0 fully saturated rings. The minimum absolute atomic E-state index is 0.0124. The van der Waals surface area contributed by atoms with Crippen molar-refractivity contribution in [3.8, 4) is 0 Å². The lowest BCUT2D eigenvalue weighted by molar-refractivity contribution is -0.147. The van der Waals surface area contributed by atoms with Gasteiger partial charge in [-0.15, -0.1) is 0 Å². The molecule has 0 saturated carbocycles. The van der Waals surface area contributed by atoms with E-state index in [9.17, 15) is 19.5 Å². The highest BCUT2D eigenvalue weighted by molar-refractivity contribution is 5.96. The molecule has 0 saturated heterocycles. The van der Waals surface area contributed by atoms with Gasteiger partial charge < -0.3 is 25.6 Å². The molecule has 8 nitrogen and oxygen atoms in total. The second-order valence-electron chi connectivity index (χ2n) is 5.57. The molecule has 0 aliphatic heterocycles. The summed E-state index contributed by atoms with van der Waals surface area (Å²) in [5.41, 5.74) is 6.03. The van der Waals surface area contributed by atoms with E-state index in [1.807, 2.05) is 0 Å². The summed E-state index contributed by atoms with van der Waals surface area (Å²) >= 11 is 0. The molecule has 1 aromatic carbocycles. The van der Waals surface area contributed by atoms with Gasteiger partial charge in [-0.05, 0) is 38.8 Å². The molecule has 0 aliphatic rings. The number of aliphatic hydroxyl groups is 1. The second-order valence-corrected chi connectivity index (χ2v) is 5.57. The Labute approximate surface area is 152 Å². The van der Waals surface area contributed by atoms with E-state index in [2.05, 4.69) is 5.32 Å². The number of amides is 1. The molecule has 3 atom stereocenters. The van der Waals surface area contributed by atoms with Crippen molar-refractivity contribution in [2.75, 3.05) is 13.2 Å². The van der Waals surface area contributed by atoms with E-state index in [1.165, 1.54) is 0 Å². The average molecular weight is 366 g/mol. The van der Waals surface area contributed by atoms with Crippen LogP contribution in [0.25, 0.3) is 0 Å². The highest BCUT2D eigenvalue weighted by Crippen LogP contribution is 2.09. The van der Waals surface area contributed by atoms with Gasteiger partial charge in [0.2, 0.25) is 0 Å². The number of carbonyl (C=O) groups excluding carboxylic acids is 3. The van der Waals surface area contributed by atoms with E-state index >= 15 is 0 Å². The summed E-state index contributed by atoms with van der Waals surface area (Å²) in [7, 11) is 0. The van der Waals surface area contributed by atoms with Crippen molar-refractivity contribution in [3.63, 3.8) is 0 Å². The Bertz CT molecular complexity index is 593. The van der Waals surface area contributed by atoms with E-state index in [1.54, 1.807) is 44.2 Å². The maximum Gasteiger partial charge on any atom is 0.328 e. The smallest absolute Gasteiger partial charge is 0.328 e. The first-order valence-electron chi connectivity index (χ1n) is 8.53. The van der Waals surface area contributed by atoms with E-state index in [-0.39, 0.29) is 26.1 Å². The van der Waals surface area contributed by atoms with Crippen LogP contribution in [0.3, 0.4) is 0 Å². The fraction of sp³-hybridized carbons (Fsp3) is 0.500. The number of benzene rings is 1. The standard InChI is InChI=1S/C18H26N2O6/c1-3-25-17(23)13(20-16(22)12-8-6-5-7-9-12)10-11-14(21)15(19)18(24)26-4-2/h5-9,13-15,21H,3-4,10-11,19H2,1-2H3,(H,20,22). The number of hydrogen-bond donors (Lipinski definition) is 3. The molecule has 3 unspecified atom stereocenters. The number of carbonyl (C=O) groups is 3. The minimum Gasteiger partial charge on any atom is -0.465 e. The summed E-state index contributed by atoms with van der Waals surface area (Å²) in [6.07, 6.45) is -1.14. The van der Waals surface area contributed by atoms with Gasteiger partial charge in [0.15, 0.2) is 0 Å². The number of nitrogens with two attached hydrogens (primary N) is 1. The Morgan fingerprint density at radius 3 is 2.19 bits per heavy atom. The third-order valence-electron chi connectivity index (χ3n) is 3.64. The van der Waals surface area contributed by atoms with Crippen molar-refractivity contribution in [1.82, 2.24) is 5.32 Å². The number of rotatable bonds is 10. The van der Waals surface area contributed by atoms with Crippen LogP contribution in [0.4, 0.5) is 0 Å². The fourth-order valence-corrected chi connectivity index (χ4v) is 2.24. The van der Waals surface area contributed by atoms with Crippen molar-refractivity contribution >= 4 is 17.8 Å². The lowest BCUT2D eigenvalue weighted by atomic mass is 10.0. The van der Waals surface area contributed by atoms with E-state index in [0.29, 0.717) is 5.56 Å². The molecule has 4 N–H and O–H groups in total. The lowest BCUT2D eigenvalue weighted by Gasteiger charge is -2.21. The lowest BCUT2D eigenvalue weighted by Crippen LogP contribution is -2.46. The summed E-state index contributed by atoms with van der Waals surface area (Å²) in [6, 6.07) is 6.22. The summed E-state index contributed by atoms with van der Waals surface area (Å²) in [4.78, 5) is 35.9. The molecule has 1 rings (SSSR count). The number of aliphatic hydroxyl groups excluding tert-OH is 1. The first-order valence-corrected chi connectivity index (χ1v) is 8.53. The SMILES string of the molecule is CCOC(=O)C(CCC(O)C(N)C(=O)OCC)NC(=O)c1ccccc1. The molecule has 0 spiro atoms. The molecular formula is C18H26N2O6. The maximum atomic E-state index is 12.3. The van der Waals surface area contributed by atoms with Gasteiger partial charge in [-0.25, -0.2) is 4.79 Å². The predicted octanol–water partition coefficient (Wildman–Crippen LogP) is 0.380. The quantitative estimate of drug-likeness (QED) is 0.511. The van der Waals surface area contributed by atoms with Gasteiger partial charge in [-0.2, -0.15) is 0 Å². The highest BCUT2D eigenvalue weighted by Gasteiger charge is 2.28. The average Bonchev–Trinajstić information content (AvgIpc) is 2.65. The predicted molar refractivity (Wildman–Crippen MR) is 94.2 cm³/mol. The fourth-order valence-electron chi connectivity index (χ4n) is 2.24. The van der Waals surface area contributed by atoms with E-state index in [0.717, 1.165) is 0 Å². The van der Waals surface area contributed by atoms with Crippen LogP contribution in [0.5, 0.6) is 0 Å². The van der Waals surface area contributed by atoms with Gasteiger partial charge in [0.25, 0.3) is 5.91 Å². The molecule has 1 aromatic rings. The van der Waals surface area contributed by atoms with Crippen molar-refractivity contribution in [2.24, 2.45) is 5.73 Å². The zero-order valence-electron chi connectivity index (χ0n) is 15.0. The zero-order chi connectivity index (χ0) is 19.5. The van der Waals surface area contributed by atoms with E-state index < -0.39 is 36.0 Å². The summed E-state index contributed by atoms with van der Waals surface area (Å²) in [5, 5.41) is 12.6. The molecule has 0 aromatic heterocycles. The van der Waals surface area contributed by atoms with Crippen molar-refractivity contribution in [3.05, 3.63) is 35.9 Å². The van der Waals surface area contributed by atoms with Crippen LogP contribution >= 0.6 is 0 Å². The van der Waals surface area contributed by atoms with Gasteiger partial charge in [-0.3, -0.25) is 9.59 Å². The van der Waals surface area contributed by atoms with E-state index in [4.69, 9.17) is 15.2 Å². The maximum absolute atomic E-state index is 12.3. The van der Waals surface area contributed by atoms with Crippen LogP contribution in [0.15, 0.2) is 30.3 Å². The number of ether oxygens (including phenoxy) is 2. The van der Waals surface area contributed by atoms with Crippen LogP contribution < -0.4 is 11.1 Å². The van der Waals surface area contributed by atoms with Crippen molar-refractivity contribution in [2.45, 2.75) is 44.9 Å². The van der Waals surface area contributed by atoms with Gasteiger partial charge in [-0.1, -0.05) is 18.2 Å². The van der Waals surface area contributed by atoms with Crippen LogP contribution in [0, 0.1) is 0 Å². The van der Waals surface area contributed by atoms with Crippen LogP contribution in [-0.4, -0.2) is 54.4 Å². The van der Waals surface area contributed by atoms with Gasteiger partial charge in [0.05, 0.1) is 19.3 Å². The normalized spacial score (nSPS) is 14.0. The minimum atomic E-state index is -1.22. The molecule has 0 heterocycles. The monoisotopic (exact) mass is 366 g/mol. The molecule has 0 bridgehead atoms. The molecule has 0 aliphatic carbocycles. The first kappa shape index (κ1) is 21.6. The molecule has 8 heteroatoms. The Morgan fingerprint density at radius 2 is 1.62 bits per heavy atom. The van der Waals surface area contributed by atoms with Gasteiger partial charge in [0.1, 0.15) is 12.1 Å². The summed E-state index contributed by atoms with van der Waals surface area (Å²) in [5.74, 6) is -1.78. The molecule has 144 valence electrons. The zero-order valence-corrected chi connectivity index (χ0v) is 15.0. The Kier molecular flexibility index (Phi) is 9.32. The molecular weight excluding hydrogens is 340 g/mol. The van der Waals surface area contributed by atoms with Crippen molar-refractivity contribution in [1.29, 1.82) is 0 Å². The third kappa shape index (κ3) is 6.81. The molecule has 26 heavy (non-hydrogen) atoms. The van der Waals surface area contributed by atoms with Gasteiger partial charge in [0, 0.05) is 5.56 Å². The topological polar surface area (TPSA) is 128 Å². The van der Waals surface area contributed by atoms with Crippen LogP contribution in [0.2, 0.25) is 0 Å². The number of nitrogens with one attached hydrogen (secondary N) is 1. The Hall–Kier alpha value is -2.45. The molecule has 0 radical (unpaired) electrons. The Balaban J connectivity index is 2.70. The summed E-state index contributed by atoms with van der Waals surface area (Å²) in [6.45, 7) is 3.59. The van der Waals surface area contributed by atoms with Crippen LogP contribution in [0.1, 0.15) is 37.0 Å². The van der Waals surface area contributed by atoms with Crippen molar-refractivity contribution < 1.29 is 29.0 Å². The second kappa shape index (κ2) is 11.2. The Morgan fingerprint density at radius 1 is 1.04 bits per heavy atom. The largest absolute Gasteiger partial charge is 0.465 e.